The minimum Gasteiger partial charge on any atom is -0.274 e. The van der Waals surface area contributed by atoms with Crippen LogP contribution in [0.1, 0.15) is 32.1 Å². The van der Waals surface area contributed by atoms with Crippen molar-refractivity contribution in [2.45, 2.75) is 42.2 Å². The molecule has 1 aromatic rings. The summed E-state index contributed by atoms with van der Waals surface area (Å²) >= 11 is 11.6. The van der Waals surface area contributed by atoms with Gasteiger partial charge in [0.05, 0.1) is 16.0 Å². The van der Waals surface area contributed by atoms with Crippen LogP contribution in [0.15, 0.2) is 23.1 Å². The number of sulfone groups is 1. The maximum atomic E-state index is 12.2. The average Bonchev–Trinajstić information content (AvgIpc) is 3.02. The lowest BCUT2D eigenvalue weighted by molar-refractivity contribution is -0.118. The standard InChI is InChI=1S/C14H17Cl2NO5S2/c15-10-5-6-12(16)13(9-10)24(21,22)17-14(18)7-8-23(19,20)11-3-1-2-4-11/h5-6,9,11H,1-4,7-8H2,(H,17,18). The lowest BCUT2D eigenvalue weighted by Gasteiger charge is -2.11. The van der Waals surface area contributed by atoms with E-state index in [-0.39, 0.29) is 20.7 Å². The Balaban J connectivity index is 2.02. The van der Waals surface area contributed by atoms with E-state index in [1.165, 1.54) is 12.1 Å². The Morgan fingerprint density at radius 2 is 1.75 bits per heavy atom. The quantitative estimate of drug-likeness (QED) is 0.772. The number of halogens is 2. The highest BCUT2D eigenvalue weighted by Crippen LogP contribution is 2.26. The molecule has 1 fully saturated rings. The van der Waals surface area contributed by atoms with Crippen molar-refractivity contribution >= 4 is 49.0 Å². The van der Waals surface area contributed by atoms with Crippen LogP contribution in [0.3, 0.4) is 0 Å². The predicted molar refractivity (Wildman–Crippen MR) is 92.5 cm³/mol. The predicted octanol–water partition coefficient (Wildman–Crippen LogP) is 2.55. The largest absolute Gasteiger partial charge is 0.274 e. The van der Waals surface area contributed by atoms with Gasteiger partial charge in [0.25, 0.3) is 10.0 Å². The number of hydrogen-bond acceptors (Lipinski definition) is 5. The SMILES string of the molecule is O=C(CCS(=O)(=O)C1CCCC1)NS(=O)(=O)c1cc(Cl)ccc1Cl. The number of carbonyl (C=O) groups excluding carboxylic acids is 1. The van der Waals surface area contributed by atoms with Crippen LogP contribution < -0.4 is 4.72 Å². The zero-order valence-electron chi connectivity index (χ0n) is 12.7. The van der Waals surface area contributed by atoms with Gasteiger partial charge in [0.2, 0.25) is 5.91 Å². The third-order valence-electron chi connectivity index (χ3n) is 3.85. The second kappa shape index (κ2) is 7.59. The van der Waals surface area contributed by atoms with Crippen molar-refractivity contribution in [3.8, 4) is 0 Å². The van der Waals surface area contributed by atoms with Crippen molar-refractivity contribution in [1.29, 1.82) is 0 Å². The summed E-state index contributed by atoms with van der Waals surface area (Å²) in [5.74, 6) is -1.27. The highest BCUT2D eigenvalue weighted by Gasteiger charge is 2.29. The van der Waals surface area contributed by atoms with Gasteiger partial charge < -0.3 is 0 Å². The molecule has 1 N–H and O–H groups in total. The molecule has 0 unspecified atom stereocenters. The van der Waals surface area contributed by atoms with E-state index in [1.807, 2.05) is 4.72 Å². The van der Waals surface area contributed by atoms with Crippen LogP contribution in [0.4, 0.5) is 0 Å². The second-order valence-electron chi connectivity index (χ2n) is 5.63. The normalized spacial score (nSPS) is 16.2. The molecule has 6 nitrogen and oxygen atoms in total. The summed E-state index contributed by atoms with van der Waals surface area (Å²) < 4.78 is 50.4. The van der Waals surface area contributed by atoms with E-state index < -0.39 is 37.4 Å². The molecule has 0 saturated heterocycles. The first-order chi connectivity index (χ1) is 11.1. The lowest BCUT2D eigenvalue weighted by atomic mass is 10.4. The minimum absolute atomic E-state index is 0.0849. The monoisotopic (exact) mass is 413 g/mol. The Morgan fingerprint density at radius 3 is 2.38 bits per heavy atom. The fraction of sp³-hybridized carbons (Fsp3) is 0.500. The van der Waals surface area contributed by atoms with Gasteiger partial charge in [0.1, 0.15) is 4.90 Å². The van der Waals surface area contributed by atoms with Crippen molar-refractivity contribution in [3.05, 3.63) is 28.2 Å². The lowest BCUT2D eigenvalue weighted by Crippen LogP contribution is -2.33. The van der Waals surface area contributed by atoms with Gasteiger partial charge in [-0.2, -0.15) is 0 Å². The molecule has 2 rings (SSSR count). The molecule has 1 aromatic carbocycles. The number of sulfonamides is 1. The van der Waals surface area contributed by atoms with Crippen LogP contribution in [0.2, 0.25) is 10.0 Å². The van der Waals surface area contributed by atoms with Crippen LogP contribution in [0.25, 0.3) is 0 Å². The molecule has 1 aliphatic rings. The Bertz CT molecular complexity index is 831. The fourth-order valence-electron chi connectivity index (χ4n) is 2.59. The van der Waals surface area contributed by atoms with Crippen molar-refractivity contribution in [1.82, 2.24) is 4.72 Å². The molecule has 1 aliphatic carbocycles. The van der Waals surface area contributed by atoms with Crippen LogP contribution in [-0.4, -0.2) is 33.7 Å². The molecule has 10 heteroatoms. The zero-order chi connectivity index (χ0) is 18.0. The molecule has 0 spiro atoms. The van der Waals surface area contributed by atoms with Crippen molar-refractivity contribution in [3.63, 3.8) is 0 Å². The highest BCUT2D eigenvalue weighted by molar-refractivity contribution is 7.92. The molecule has 0 radical (unpaired) electrons. The van der Waals surface area contributed by atoms with Gasteiger partial charge in [0.15, 0.2) is 9.84 Å². The molecule has 0 atom stereocenters. The summed E-state index contributed by atoms with van der Waals surface area (Å²) in [7, 11) is -7.60. The maximum absolute atomic E-state index is 12.2. The van der Waals surface area contributed by atoms with Crippen molar-refractivity contribution in [2.75, 3.05) is 5.75 Å². The van der Waals surface area contributed by atoms with Crippen LogP contribution >= 0.6 is 23.2 Å². The summed E-state index contributed by atoms with van der Waals surface area (Å²) in [4.78, 5) is 11.5. The molecule has 1 saturated carbocycles. The number of carbonyl (C=O) groups is 1. The zero-order valence-corrected chi connectivity index (χ0v) is 15.8. The van der Waals surface area contributed by atoms with Gasteiger partial charge in [-0.25, -0.2) is 21.6 Å². The molecule has 0 bridgehead atoms. The van der Waals surface area contributed by atoms with E-state index in [4.69, 9.17) is 23.2 Å². The van der Waals surface area contributed by atoms with Gasteiger partial charge in [-0.05, 0) is 31.0 Å². The molecule has 134 valence electrons. The van der Waals surface area contributed by atoms with Gasteiger partial charge in [-0.1, -0.05) is 36.0 Å². The van der Waals surface area contributed by atoms with Crippen LogP contribution in [-0.2, 0) is 24.7 Å². The van der Waals surface area contributed by atoms with E-state index in [9.17, 15) is 21.6 Å². The van der Waals surface area contributed by atoms with E-state index >= 15 is 0 Å². The van der Waals surface area contributed by atoms with E-state index in [2.05, 4.69) is 0 Å². The van der Waals surface area contributed by atoms with Crippen molar-refractivity contribution < 1.29 is 21.6 Å². The first-order valence-electron chi connectivity index (χ1n) is 7.34. The Morgan fingerprint density at radius 1 is 1.12 bits per heavy atom. The first-order valence-corrected chi connectivity index (χ1v) is 11.3. The summed E-state index contributed by atoms with van der Waals surface area (Å²) in [6.07, 6.45) is 2.49. The Hall–Kier alpha value is -0.830. The first kappa shape index (κ1) is 19.5. The van der Waals surface area contributed by atoms with E-state index in [0.29, 0.717) is 12.8 Å². The number of amides is 1. The van der Waals surface area contributed by atoms with E-state index in [1.54, 1.807) is 0 Å². The Labute approximate surface area is 151 Å². The fourth-order valence-corrected chi connectivity index (χ4v) is 6.22. The second-order valence-corrected chi connectivity index (χ2v) is 10.5. The topological polar surface area (TPSA) is 97.4 Å². The summed E-state index contributed by atoms with van der Waals surface area (Å²) in [6.45, 7) is 0. The molecule has 24 heavy (non-hydrogen) atoms. The molecule has 0 aliphatic heterocycles. The molecule has 0 heterocycles. The Kier molecular flexibility index (Phi) is 6.17. The number of benzene rings is 1. The van der Waals surface area contributed by atoms with E-state index in [0.717, 1.165) is 18.9 Å². The van der Waals surface area contributed by atoms with Gasteiger partial charge in [-0.15, -0.1) is 0 Å². The average molecular weight is 414 g/mol. The third-order valence-corrected chi connectivity index (χ3v) is 8.20. The summed E-state index contributed by atoms with van der Waals surface area (Å²) in [5.41, 5.74) is 0. The minimum atomic E-state index is -4.21. The van der Waals surface area contributed by atoms with Crippen molar-refractivity contribution in [2.24, 2.45) is 0 Å². The molecular weight excluding hydrogens is 397 g/mol. The number of nitrogens with one attached hydrogen (secondary N) is 1. The maximum Gasteiger partial charge on any atom is 0.265 e. The molecular formula is C14H17Cl2NO5S2. The number of hydrogen-bond donors (Lipinski definition) is 1. The van der Waals surface area contributed by atoms with Gasteiger partial charge in [-0.3, -0.25) is 4.79 Å². The third kappa shape index (κ3) is 4.84. The van der Waals surface area contributed by atoms with Crippen LogP contribution in [0, 0.1) is 0 Å². The molecule has 0 aromatic heterocycles. The van der Waals surface area contributed by atoms with Gasteiger partial charge in [0, 0.05) is 11.4 Å². The molecule has 1 amide bonds. The summed E-state index contributed by atoms with van der Waals surface area (Å²) in [5, 5.41) is -0.362. The smallest absolute Gasteiger partial charge is 0.265 e. The van der Waals surface area contributed by atoms with Gasteiger partial charge >= 0.3 is 0 Å². The summed E-state index contributed by atoms with van der Waals surface area (Å²) in [6, 6.07) is 3.83. The highest BCUT2D eigenvalue weighted by atomic mass is 35.5. The number of rotatable bonds is 6. The van der Waals surface area contributed by atoms with Crippen LogP contribution in [0.5, 0.6) is 0 Å².